The number of unbranched alkanes of at least 4 members (excludes halogenated alkanes) is 1. The Balaban J connectivity index is 0.00000757. The van der Waals surface area contributed by atoms with E-state index in [1.165, 1.54) is 28.4 Å². The van der Waals surface area contributed by atoms with Crippen molar-refractivity contribution in [2.24, 2.45) is 7.05 Å². The first kappa shape index (κ1) is 55.0. The topological polar surface area (TPSA) is 203 Å². The first-order valence-corrected chi connectivity index (χ1v) is 25.4. The smallest absolute Gasteiger partial charge is 0.337 e. The SMILES string of the molecule is COC(=O)c1ccc(-c2c3nc(c(-c4ccc(C(=O)OC)cc4)c4ccc(c(-c5ccc(C(=O)OC)cc5)c5nc(c(-c6ccc(C(=O)OC)cc6)c6ccc2[n-]6)-c2nc(CCCCO)c(CCCO)cc2-5)n4C)C=C3)cc1.[Ni]. The number of carbonyl (C=O) groups is 4. The average Bonchev–Trinajstić information content (AvgIpc) is 4.40. The maximum atomic E-state index is 12.9. The third-order valence-corrected chi connectivity index (χ3v) is 14.1. The van der Waals surface area contributed by atoms with E-state index in [0.29, 0.717) is 127 Å². The van der Waals surface area contributed by atoms with Gasteiger partial charge in [0.1, 0.15) is 0 Å². The van der Waals surface area contributed by atoms with Crippen LogP contribution in [0.3, 0.4) is 0 Å². The van der Waals surface area contributed by atoms with Gasteiger partial charge in [0.05, 0.1) is 90.2 Å². The minimum atomic E-state index is -0.501. The Labute approximate surface area is 465 Å². The summed E-state index contributed by atoms with van der Waals surface area (Å²) in [6.45, 7) is -0.0179. The molecule has 0 saturated heterocycles. The van der Waals surface area contributed by atoms with Crippen molar-refractivity contribution in [1.82, 2.24) is 24.5 Å². The normalized spacial score (nSPS) is 11.4. The van der Waals surface area contributed by atoms with E-state index >= 15 is 0 Å². The Kier molecular flexibility index (Phi) is 16.6. The molecule has 0 saturated carbocycles. The van der Waals surface area contributed by atoms with Gasteiger partial charge in [-0.2, -0.15) is 0 Å². The molecule has 0 atom stereocenters. The van der Waals surface area contributed by atoms with Crippen molar-refractivity contribution in [3.63, 3.8) is 0 Å². The monoisotopic (exact) mass is 1100 g/mol. The van der Waals surface area contributed by atoms with Crippen LogP contribution in [-0.2, 0) is 55.3 Å². The Bertz CT molecular complexity index is 3870. The molecule has 8 aromatic rings. The quantitative estimate of drug-likeness (QED) is 0.0424. The van der Waals surface area contributed by atoms with Crippen LogP contribution in [0.1, 0.15) is 83.3 Å². The van der Waals surface area contributed by atoms with Gasteiger partial charge in [0.25, 0.3) is 0 Å². The Hall–Kier alpha value is -8.82. The molecule has 0 radical (unpaired) electrons. The van der Waals surface area contributed by atoms with Crippen molar-refractivity contribution < 1.29 is 64.8 Å². The fraction of sp³-hybridized carbons (Fsp3) is 0.190. The third-order valence-electron chi connectivity index (χ3n) is 14.1. The van der Waals surface area contributed by atoms with Gasteiger partial charge in [-0.3, -0.25) is 4.98 Å². The number of aromatic nitrogens is 5. The van der Waals surface area contributed by atoms with Crippen LogP contribution in [0.4, 0.5) is 0 Å². The van der Waals surface area contributed by atoms with Crippen LogP contribution >= 0.6 is 0 Å². The largest absolute Gasteiger partial charge is 0.657 e. The number of carbonyl (C=O) groups excluding carboxylic acids is 4. The second-order valence-corrected chi connectivity index (χ2v) is 18.7. The molecule has 16 heteroatoms. The number of fused-ring (bicyclic) bond motifs is 11. The van der Waals surface area contributed by atoms with Crippen molar-refractivity contribution in [1.29, 1.82) is 0 Å². The number of aryl methyl sites for hydroxylation is 3. The molecule has 0 amide bonds. The molecule has 0 spiro atoms. The van der Waals surface area contributed by atoms with Gasteiger partial charge in [0.15, 0.2) is 0 Å². The molecule has 0 fully saturated rings. The van der Waals surface area contributed by atoms with Crippen LogP contribution in [0.2, 0.25) is 0 Å². The number of benzene rings is 4. The van der Waals surface area contributed by atoms with Crippen molar-refractivity contribution >= 4 is 58.1 Å². The van der Waals surface area contributed by atoms with Crippen molar-refractivity contribution in [3.05, 3.63) is 172 Å². The zero-order valence-corrected chi connectivity index (χ0v) is 44.9. The molecule has 4 aromatic heterocycles. The fourth-order valence-corrected chi connectivity index (χ4v) is 10.2. The van der Waals surface area contributed by atoms with Gasteiger partial charge in [-0.05, 0) is 150 Å². The predicted molar refractivity (Wildman–Crippen MR) is 298 cm³/mol. The van der Waals surface area contributed by atoms with E-state index < -0.39 is 23.9 Å². The zero-order chi connectivity index (χ0) is 54.6. The molecule has 402 valence electrons. The molecule has 6 heterocycles. The number of ether oxygens (including phenoxy) is 4. The van der Waals surface area contributed by atoms with Gasteiger partial charge < -0.3 is 38.7 Å². The minimum Gasteiger partial charge on any atom is -0.657 e. The number of esters is 4. The molecule has 15 nitrogen and oxygen atoms in total. The van der Waals surface area contributed by atoms with Crippen LogP contribution in [-0.4, -0.2) is 95.3 Å². The summed E-state index contributed by atoms with van der Waals surface area (Å²) in [6.07, 6.45) is 6.65. The summed E-state index contributed by atoms with van der Waals surface area (Å²) < 4.78 is 22.4. The molecule has 10 rings (SSSR count). The number of pyridine rings is 1. The van der Waals surface area contributed by atoms with Gasteiger partial charge in [-0.25, -0.2) is 29.1 Å². The number of hydrogen-bond donors (Lipinski definition) is 2. The van der Waals surface area contributed by atoms with Gasteiger partial charge in [0.2, 0.25) is 0 Å². The van der Waals surface area contributed by atoms with Gasteiger partial charge in [-0.15, -0.1) is 11.0 Å². The average molecular weight is 1100 g/mol. The maximum absolute atomic E-state index is 12.9. The molecule has 2 N–H and O–H groups in total. The van der Waals surface area contributed by atoms with Crippen LogP contribution in [0.15, 0.2) is 127 Å². The first-order valence-electron chi connectivity index (χ1n) is 25.4. The second kappa shape index (κ2) is 23.8. The zero-order valence-electron chi connectivity index (χ0n) is 43.9. The Morgan fingerprint density at radius 1 is 0.468 bits per heavy atom. The molecule has 79 heavy (non-hydrogen) atoms. The minimum absolute atomic E-state index is 0. The van der Waals surface area contributed by atoms with Crippen LogP contribution in [0.5, 0.6) is 0 Å². The molecule has 0 aliphatic carbocycles. The number of nitrogens with zero attached hydrogens (tertiary/aromatic N) is 5. The van der Waals surface area contributed by atoms with E-state index in [-0.39, 0.29) is 29.7 Å². The molecule has 8 bridgehead atoms. The van der Waals surface area contributed by atoms with E-state index in [0.717, 1.165) is 39.0 Å². The number of aliphatic hydroxyl groups is 2. The van der Waals surface area contributed by atoms with E-state index in [1.54, 1.807) is 48.5 Å². The van der Waals surface area contributed by atoms with E-state index in [1.807, 2.05) is 92.0 Å². The first-order chi connectivity index (χ1) is 38.0. The van der Waals surface area contributed by atoms with Gasteiger partial charge >= 0.3 is 23.9 Å². The van der Waals surface area contributed by atoms with E-state index in [4.69, 9.17) is 38.9 Å². The molecular weight excluding hydrogens is 1050 g/mol. The maximum Gasteiger partial charge on any atom is 0.337 e. The van der Waals surface area contributed by atoms with Crippen LogP contribution in [0.25, 0.3) is 101 Å². The second-order valence-electron chi connectivity index (χ2n) is 18.7. The Morgan fingerprint density at radius 3 is 1.38 bits per heavy atom. The third kappa shape index (κ3) is 10.7. The molecule has 2 aliphatic rings. The standard InChI is InChI=1S/C63H55N5O10.Ni/c1-68-51-31-32-52(68)56(39-17-25-43(26-18-39)63(74)78-5)57-45-35-44(9-8-34-70)46(10-6-7-33-69)66-58(45)59(67-57)55(38-15-23-42(24-16-38)62(73)77-4)50-30-28-48(65-50)53(36-11-19-40(20-12-36)60(71)75-2)47-27-29-49(64-47)54(51)37-13-21-41(22-14-37)61(72)76-3;/h11-32,35,69-70H,6-10,33-34H2,1-5H3,(H,64,65,66,67,71,72,73,74);/p-1. The summed E-state index contributed by atoms with van der Waals surface area (Å²) in [4.78, 5) is 73.4. The number of hydrogen-bond acceptors (Lipinski definition) is 13. The molecule has 0 unspecified atom stereocenters. The van der Waals surface area contributed by atoms with E-state index in [2.05, 4.69) is 10.6 Å². The van der Waals surface area contributed by atoms with Crippen LogP contribution in [0, 0.1) is 0 Å². The summed E-state index contributed by atoms with van der Waals surface area (Å²) in [6, 6.07) is 38.5. The van der Waals surface area contributed by atoms with Gasteiger partial charge in [-0.1, -0.05) is 60.7 Å². The summed E-state index contributed by atoms with van der Waals surface area (Å²) in [5.41, 5.74) is 14.8. The number of aliphatic hydroxyl groups excluding tert-OH is 2. The van der Waals surface area contributed by atoms with Crippen LogP contribution < -0.4 is 4.98 Å². The molecule has 2 aliphatic heterocycles. The summed E-state index contributed by atoms with van der Waals surface area (Å²) >= 11 is 0. The van der Waals surface area contributed by atoms with Crippen molar-refractivity contribution in [3.8, 4) is 67.2 Å². The van der Waals surface area contributed by atoms with E-state index in [9.17, 15) is 29.4 Å². The number of rotatable bonds is 15. The number of methoxy groups -OCH3 is 4. The van der Waals surface area contributed by atoms with Gasteiger partial charge in [0, 0.05) is 59.1 Å². The summed E-state index contributed by atoms with van der Waals surface area (Å²) in [5, 5.41) is 20.1. The van der Waals surface area contributed by atoms with Crippen molar-refractivity contribution in [2.45, 2.75) is 32.1 Å². The molecule has 4 aromatic carbocycles. The van der Waals surface area contributed by atoms with Crippen molar-refractivity contribution in [2.75, 3.05) is 41.7 Å². The molecular formula is C63H54N5NiO10-. The Morgan fingerprint density at radius 2 is 0.899 bits per heavy atom. The summed E-state index contributed by atoms with van der Waals surface area (Å²) in [5.74, 6) is -1.96. The fourth-order valence-electron chi connectivity index (χ4n) is 10.2. The predicted octanol–water partition coefficient (Wildman–Crippen LogP) is 10.9. The summed E-state index contributed by atoms with van der Waals surface area (Å²) in [7, 11) is 7.31.